The van der Waals surface area contributed by atoms with Gasteiger partial charge in [0.15, 0.2) is 0 Å². The van der Waals surface area contributed by atoms with E-state index in [-0.39, 0.29) is 18.1 Å². The third-order valence-electron chi connectivity index (χ3n) is 3.86. The zero-order chi connectivity index (χ0) is 15.2. The lowest BCUT2D eigenvalue weighted by Crippen LogP contribution is -2.50. The summed E-state index contributed by atoms with van der Waals surface area (Å²) in [6, 6.07) is 2.99. The van der Waals surface area contributed by atoms with Gasteiger partial charge in [-0.05, 0) is 31.9 Å². The van der Waals surface area contributed by atoms with Crippen molar-refractivity contribution >= 4 is 12.0 Å². The fourth-order valence-corrected chi connectivity index (χ4v) is 2.81. The highest BCUT2D eigenvalue weighted by molar-refractivity contribution is 5.77. The number of carbonyl (C=O) groups is 2. The molecular formula is C15H22N2O4. The molecule has 0 spiro atoms. The summed E-state index contributed by atoms with van der Waals surface area (Å²) in [6.07, 6.45) is 5.41. The number of rotatable bonds is 5. The number of amides is 2. The van der Waals surface area contributed by atoms with Crippen LogP contribution in [0.4, 0.5) is 4.79 Å². The summed E-state index contributed by atoms with van der Waals surface area (Å²) in [4.78, 5) is 23.2. The third-order valence-corrected chi connectivity index (χ3v) is 3.86. The van der Waals surface area contributed by atoms with Crippen LogP contribution in [0.15, 0.2) is 22.8 Å². The average Bonchev–Trinajstić information content (AvgIpc) is 2.91. The van der Waals surface area contributed by atoms with E-state index in [0.29, 0.717) is 12.8 Å². The molecule has 6 nitrogen and oxygen atoms in total. The van der Waals surface area contributed by atoms with Gasteiger partial charge in [-0.15, -0.1) is 0 Å². The Labute approximate surface area is 123 Å². The summed E-state index contributed by atoms with van der Waals surface area (Å²) >= 11 is 0. The second-order valence-corrected chi connectivity index (χ2v) is 5.64. The molecule has 1 heterocycles. The summed E-state index contributed by atoms with van der Waals surface area (Å²) in [5, 5.41) is 14.8. The van der Waals surface area contributed by atoms with Crippen LogP contribution in [-0.2, 0) is 11.2 Å². The maximum Gasteiger partial charge on any atom is 0.315 e. The number of carbonyl (C=O) groups excluding carboxylic acids is 1. The van der Waals surface area contributed by atoms with E-state index in [1.165, 1.54) is 0 Å². The molecular weight excluding hydrogens is 272 g/mol. The van der Waals surface area contributed by atoms with Crippen LogP contribution in [0.25, 0.3) is 0 Å². The van der Waals surface area contributed by atoms with E-state index in [4.69, 9.17) is 4.42 Å². The van der Waals surface area contributed by atoms with E-state index in [2.05, 4.69) is 10.6 Å². The largest absolute Gasteiger partial charge is 0.481 e. The number of furan rings is 1. The maximum absolute atomic E-state index is 12.0. The first kappa shape index (κ1) is 15.4. The number of urea groups is 1. The molecule has 3 atom stereocenters. The molecule has 0 aliphatic heterocycles. The summed E-state index contributed by atoms with van der Waals surface area (Å²) < 4.78 is 5.23. The SMILES string of the molecule is CC(Cc1ccco1)NC(=O)NC1CCCCC1C(=O)O. The van der Waals surface area contributed by atoms with Gasteiger partial charge in [-0.25, -0.2) is 4.79 Å². The van der Waals surface area contributed by atoms with Crippen molar-refractivity contribution < 1.29 is 19.1 Å². The zero-order valence-electron chi connectivity index (χ0n) is 12.2. The number of carboxylic acid groups (broad SMARTS) is 1. The Morgan fingerprint density at radius 1 is 1.43 bits per heavy atom. The summed E-state index contributed by atoms with van der Waals surface area (Å²) in [5.74, 6) is -0.502. The molecule has 1 fully saturated rings. The minimum atomic E-state index is -0.830. The van der Waals surface area contributed by atoms with Crippen LogP contribution >= 0.6 is 0 Å². The molecule has 1 aromatic heterocycles. The molecule has 0 bridgehead atoms. The van der Waals surface area contributed by atoms with E-state index in [1.54, 1.807) is 6.26 Å². The Kier molecular flexibility index (Phi) is 5.25. The topological polar surface area (TPSA) is 91.6 Å². The van der Waals surface area contributed by atoms with Crippen molar-refractivity contribution in [2.24, 2.45) is 5.92 Å². The standard InChI is InChI=1S/C15H22N2O4/c1-10(9-11-5-4-8-21-11)16-15(20)17-13-7-3-2-6-12(13)14(18)19/h4-5,8,10,12-13H,2-3,6-7,9H2,1H3,(H,18,19)(H2,16,17,20). The molecule has 1 aromatic rings. The van der Waals surface area contributed by atoms with Crippen LogP contribution in [0.5, 0.6) is 0 Å². The normalized spacial score (nSPS) is 23.3. The van der Waals surface area contributed by atoms with Crippen LogP contribution in [0.1, 0.15) is 38.4 Å². The molecule has 1 aliphatic carbocycles. The van der Waals surface area contributed by atoms with Crippen LogP contribution in [0.3, 0.4) is 0 Å². The van der Waals surface area contributed by atoms with Gasteiger partial charge in [0.1, 0.15) is 5.76 Å². The van der Waals surface area contributed by atoms with Crippen LogP contribution in [0, 0.1) is 5.92 Å². The first-order valence-electron chi connectivity index (χ1n) is 7.38. The number of hydrogen-bond donors (Lipinski definition) is 3. The lowest BCUT2D eigenvalue weighted by Gasteiger charge is -2.29. The molecule has 2 amide bonds. The molecule has 1 saturated carbocycles. The van der Waals surface area contributed by atoms with Gasteiger partial charge < -0.3 is 20.2 Å². The first-order valence-corrected chi connectivity index (χ1v) is 7.38. The van der Waals surface area contributed by atoms with E-state index in [9.17, 15) is 14.7 Å². The fraction of sp³-hybridized carbons (Fsp3) is 0.600. The van der Waals surface area contributed by atoms with E-state index in [0.717, 1.165) is 25.0 Å². The molecule has 21 heavy (non-hydrogen) atoms. The fourth-order valence-electron chi connectivity index (χ4n) is 2.81. The molecule has 3 N–H and O–H groups in total. The Balaban J connectivity index is 1.81. The van der Waals surface area contributed by atoms with Crippen molar-refractivity contribution in [2.75, 3.05) is 0 Å². The second kappa shape index (κ2) is 7.15. The zero-order valence-corrected chi connectivity index (χ0v) is 12.2. The Bertz CT molecular complexity index is 472. The van der Waals surface area contributed by atoms with E-state index < -0.39 is 11.9 Å². The lowest BCUT2D eigenvalue weighted by molar-refractivity contribution is -0.143. The molecule has 0 saturated heterocycles. The highest BCUT2D eigenvalue weighted by atomic mass is 16.4. The van der Waals surface area contributed by atoms with Crippen molar-refractivity contribution in [3.05, 3.63) is 24.2 Å². The van der Waals surface area contributed by atoms with Crippen LogP contribution in [-0.4, -0.2) is 29.2 Å². The Morgan fingerprint density at radius 3 is 2.86 bits per heavy atom. The molecule has 6 heteroatoms. The smallest absolute Gasteiger partial charge is 0.315 e. The van der Waals surface area contributed by atoms with Gasteiger partial charge in [0.2, 0.25) is 0 Å². The number of carboxylic acids is 1. The predicted molar refractivity (Wildman–Crippen MR) is 76.9 cm³/mol. The van der Waals surface area contributed by atoms with Crippen molar-refractivity contribution in [3.8, 4) is 0 Å². The van der Waals surface area contributed by atoms with Gasteiger partial charge in [0.25, 0.3) is 0 Å². The van der Waals surface area contributed by atoms with Gasteiger partial charge in [-0.1, -0.05) is 12.8 Å². The summed E-state index contributed by atoms with van der Waals surface area (Å²) in [6.45, 7) is 1.89. The highest BCUT2D eigenvalue weighted by Crippen LogP contribution is 2.24. The van der Waals surface area contributed by atoms with E-state index in [1.807, 2.05) is 19.1 Å². The monoisotopic (exact) mass is 294 g/mol. The van der Waals surface area contributed by atoms with Gasteiger partial charge in [0, 0.05) is 18.5 Å². The third kappa shape index (κ3) is 4.51. The Hall–Kier alpha value is -1.98. The highest BCUT2D eigenvalue weighted by Gasteiger charge is 2.31. The van der Waals surface area contributed by atoms with Gasteiger partial charge >= 0.3 is 12.0 Å². The molecule has 1 aliphatic rings. The minimum absolute atomic E-state index is 0.0805. The van der Waals surface area contributed by atoms with Crippen molar-refractivity contribution in [1.29, 1.82) is 0 Å². The molecule has 0 radical (unpaired) electrons. The second-order valence-electron chi connectivity index (χ2n) is 5.64. The van der Waals surface area contributed by atoms with Gasteiger partial charge in [-0.3, -0.25) is 4.79 Å². The molecule has 0 aromatic carbocycles. The number of nitrogens with one attached hydrogen (secondary N) is 2. The molecule has 116 valence electrons. The predicted octanol–water partition coefficient (Wildman–Crippen LogP) is 2.15. The summed E-state index contributed by atoms with van der Waals surface area (Å²) in [5.41, 5.74) is 0. The van der Waals surface area contributed by atoms with Crippen LogP contribution in [0.2, 0.25) is 0 Å². The molecule has 2 rings (SSSR count). The van der Waals surface area contributed by atoms with E-state index >= 15 is 0 Å². The Morgan fingerprint density at radius 2 is 2.19 bits per heavy atom. The maximum atomic E-state index is 12.0. The lowest BCUT2D eigenvalue weighted by atomic mass is 9.84. The quantitative estimate of drug-likeness (QED) is 0.776. The van der Waals surface area contributed by atoms with Gasteiger partial charge in [0.05, 0.1) is 12.2 Å². The van der Waals surface area contributed by atoms with Crippen LogP contribution < -0.4 is 10.6 Å². The average molecular weight is 294 g/mol. The number of hydrogen-bond acceptors (Lipinski definition) is 3. The molecule has 3 unspecified atom stereocenters. The van der Waals surface area contributed by atoms with Gasteiger partial charge in [-0.2, -0.15) is 0 Å². The van der Waals surface area contributed by atoms with Crippen molar-refractivity contribution in [2.45, 2.75) is 51.1 Å². The van der Waals surface area contributed by atoms with Crippen molar-refractivity contribution in [1.82, 2.24) is 10.6 Å². The van der Waals surface area contributed by atoms with Crippen molar-refractivity contribution in [3.63, 3.8) is 0 Å². The number of aliphatic carboxylic acids is 1. The minimum Gasteiger partial charge on any atom is -0.481 e. The summed E-state index contributed by atoms with van der Waals surface area (Å²) in [7, 11) is 0. The first-order chi connectivity index (χ1) is 10.1.